The normalized spacial score (nSPS) is 13.6. The number of furan rings is 1. The SMILES string of the molecule is OC[C@@H](O)c1ccco1. The third kappa shape index (κ3) is 1.31. The van der Waals surface area contributed by atoms with E-state index in [1.165, 1.54) is 6.26 Å². The summed E-state index contributed by atoms with van der Waals surface area (Å²) >= 11 is 0. The Morgan fingerprint density at radius 3 is 2.89 bits per heavy atom. The zero-order valence-corrected chi connectivity index (χ0v) is 4.82. The van der Waals surface area contributed by atoms with Crippen molar-refractivity contribution in [3.8, 4) is 0 Å². The first-order valence-corrected chi connectivity index (χ1v) is 2.67. The lowest BCUT2D eigenvalue weighted by Gasteiger charge is -1.99. The lowest BCUT2D eigenvalue weighted by atomic mass is 10.3. The van der Waals surface area contributed by atoms with E-state index in [4.69, 9.17) is 14.6 Å². The molecule has 0 saturated heterocycles. The first-order valence-electron chi connectivity index (χ1n) is 2.67. The van der Waals surface area contributed by atoms with Crippen LogP contribution in [-0.4, -0.2) is 16.8 Å². The summed E-state index contributed by atoms with van der Waals surface area (Å²) in [5.74, 6) is 0.400. The third-order valence-electron chi connectivity index (χ3n) is 1.04. The Labute approximate surface area is 52.5 Å². The molecule has 1 rings (SSSR count). The second-order valence-corrected chi connectivity index (χ2v) is 1.71. The van der Waals surface area contributed by atoms with Gasteiger partial charge in [-0.2, -0.15) is 0 Å². The lowest BCUT2D eigenvalue weighted by molar-refractivity contribution is 0.0776. The van der Waals surface area contributed by atoms with Gasteiger partial charge in [0.05, 0.1) is 12.9 Å². The summed E-state index contributed by atoms with van der Waals surface area (Å²) in [6, 6.07) is 3.27. The molecule has 50 valence electrons. The van der Waals surface area contributed by atoms with Crippen molar-refractivity contribution in [1.82, 2.24) is 0 Å². The molecule has 0 amide bonds. The van der Waals surface area contributed by atoms with Crippen LogP contribution in [0.25, 0.3) is 0 Å². The summed E-state index contributed by atoms with van der Waals surface area (Å²) in [6.07, 6.45) is 0.578. The van der Waals surface area contributed by atoms with Gasteiger partial charge in [0.25, 0.3) is 0 Å². The van der Waals surface area contributed by atoms with Gasteiger partial charge < -0.3 is 14.6 Å². The number of hydrogen-bond acceptors (Lipinski definition) is 3. The van der Waals surface area contributed by atoms with Crippen molar-refractivity contribution < 1.29 is 14.6 Å². The van der Waals surface area contributed by atoms with E-state index in [0.29, 0.717) is 5.76 Å². The Bertz CT molecular complexity index is 157. The topological polar surface area (TPSA) is 53.6 Å². The fourth-order valence-corrected chi connectivity index (χ4v) is 0.571. The number of aliphatic hydroxyl groups excluding tert-OH is 2. The van der Waals surface area contributed by atoms with Crippen LogP contribution in [0.3, 0.4) is 0 Å². The van der Waals surface area contributed by atoms with Gasteiger partial charge in [0.15, 0.2) is 0 Å². The molecule has 0 aliphatic carbocycles. The minimum absolute atomic E-state index is 0.298. The molecular weight excluding hydrogens is 120 g/mol. The minimum atomic E-state index is -0.875. The highest BCUT2D eigenvalue weighted by molar-refractivity contribution is 5.01. The lowest BCUT2D eigenvalue weighted by Crippen LogP contribution is -1.99. The molecular formula is C6H8O3. The Balaban J connectivity index is 2.65. The second kappa shape index (κ2) is 2.66. The highest BCUT2D eigenvalue weighted by Gasteiger charge is 2.06. The molecule has 1 aromatic rings. The Kier molecular flexibility index (Phi) is 1.87. The van der Waals surface area contributed by atoms with Gasteiger partial charge in [-0.25, -0.2) is 0 Å². The maximum absolute atomic E-state index is 8.87. The Hall–Kier alpha value is -0.800. The molecule has 0 aliphatic heterocycles. The number of hydrogen-bond donors (Lipinski definition) is 2. The zero-order chi connectivity index (χ0) is 6.69. The summed E-state index contributed by atoms with van der Waals surface area (Å²) in [7, 11) is 0. The molecule has 9 heavy (non-hydrogen) atoms. The van der Waals surface area contributed by atoms with Crippen molar-refractivity contribution >= 4 is 0 Å². The zero-order valence-electron chi connectivity index (χ0n) is 4.82. The molecule has 0 radical (unpaired) electrons. The van der Waals surface area contributed by atoms with Crippen LogP contribution in [0, 0.1) is 0 Å². The van der Waals surface area contributed by atoms with Crippen LogP contribution in [0.1, 0.15) is 11.9 Å². The molecule has 2 N–H and O–H groups in total. The van der Waals surface area contributed by atoms with Crippen molar-refractivity contribution in [2.75, 3.05) is 6.61 Å². The molecule has 3 heteroatoms. The van der Waals surface area contributed by atoms with Gasteiger partial charge in [-0.1, -0.05) is 0 Å². The van der Waals surface area contributed by atoms with E-state index in [0.717, 1.165) is 0 Å². The molecule has 0 spiro atoms. The summed E-state index contributed by atoms with van der Waals surface area (Å²) in [5.41, 5.74) is 0. The molecule has 0 aliphatic rings. The minimum Gasteiger partial charge on any atom is -0.467 e. The van der Waals surface area contributed by atoms with Crippen LogP contribution in [-0.2, 0) is 0 Å². The summed E-state index contributed by atoms with van der Waals surface area (Å²) in [5, 5.41) is 17.3. The maximum atomic E-state index is 8.87. The van der Waals surface area contributed by atoms with Crippen molar-refractivity contribution in [2.24, 2.45) is 0 Å². The van der Waals surface area contributed by atoms with E-state index in [1.807, 2.05) is 0 Å². The van der Waals surface area contributed by atoms with Crippen LogP contribution >= 0.6 is 0 Å². The Morgan fingerprint density at radius 1 is 1.67 bits per heavy atom. The van der Waals surface area contributed by atoms with Gasteiger partial charge in [-0.15, -0.1) is 0 Å². The van der Waals surface area contributed by atoms with Gasteiger partial charge in [0.1, 0.15) is 11.9 Å². The van der Waals surface area contributed by atoms with Crippen LogP contribution in [0.4, 0.5) is 0 Å². The third-order valence-corrected chi connectivity index (χ3v) is 1.04. The van der Waals surface area contributed by atoms with Crippen LogP contribution in [0.5, 0.6) is 0 Å². The average Bonchev–Trinajstić information content (AvgIpc) is 2.37. The molecule has 0 aromatic carbocycles. The van der Waals surface area contributed by atoms with Crippen molar-refractivity contribution in [3.05, 3.63) is 24.2 Å². The van der Waals surface area contributed by atoms with Crippen LogP contribution in [0.2, 0.25) is 0 Å². The monoisotopic (exact) mass is 128 g/mol. The molecule has 1 atom stereocenters. The Morgan fingerprint density at radius 2 is 2.44 bits per heavy atom. The maximum Gasteiger partial charge on any atom is 0.135 e. The molecule has 0 bridgehead atoms. The van der Waals surface area contributed by atoms with Crippen LogP contribution < -0.4 is 0 Å². The molecule has 1 heterocycles. The number of rotatable bonds is 2. The van der Waals surface area contributed by atoms with E-state index in [-0.39, 0.29) is 6.61 Å². The van der Waals surface area contributed by atoms with E-state index >= 15 is 0 Å². The fourth-order valence-electron chi connectivity index (χ4n) is 0.571. The van der Waals surface area contributed by atoms with Crippen molar-refractivity contribution in [3.63, 3.8) is 0 Å². The van der Waals surface area contributed by atoms with Crippen molar-refractivity contribution in [2.45, 2.75) is 6.10 Å². The second-order valence-electron chi connectivity index (χ2n) is 1.71. The fraction of sp³-hybridized carbons (Fsp3) is 0.333. The first-order chi connectivity index (χ1) is 4.34. The van der Waals surface area contributed by atoms with Gasteiger partial charge in [0, 0.05) is 0 Å². The highest BCUT2D eigenvalue weighted by Crippen LogP contribution is 2.10. The summed E-state index contributed by atoms with van der Waals surface area (Å²) < 4.78 is 4.78. The molecule has 3 nitrogen and oxygen atoms in total. The predicted octanol–water partition coefficient (Wildman–Crippen LogP) is 0.305. The largest absolute Gasteiger partial charge is 0.467 e. The summed E-state index contributed by atoms with van der Waals surface area (Å²) in [6.45, 7) is -0.298. The highest BCUT2D eigenvalue weighted by atomic mass is 16.4. The van der Waals surface area contributed by atoms with Crippen LogP contribution in [0.15, 0.2) is 22.8 Å². The number of aliphatic hydroxyl groups is 2. The smallest absolute Gasteiger partial charge is 0.135 e. The van der Waals surface area contributed by atoms with Gasteiger partial charge >= 0.3 is 0 Å². The van der Waals surface area contributed by atoms with E-state index in [2.05, 4.69) is 0 Å². The first kappa shape index (κ1) is 6.32. The van der Waals surface area contributed by atoms with E-state index < -0.39 is 6.10 Å². The standard InChI is InChI=1S/C6H8O3/c7-4-5(8)6-2-1-3-9-6/h1-3,5,7-8H,4H2/t5-/m1/s1. The van der Waals surface area contributed by atoms with Gasteiger partial charge in [-0.3, -0.25) is 0 Å². The van der Waals surface area contributed by atoms with Crippen molar-refractivity contribution in [1.29, 1.82) is 0 Å². The quantitative estimate of drug-likeness (QED) is 0.602. The average molecular weight is 128 g/mol. The molecule has 0 unspecified atom stereocenters. The summed E-state index contributed by atoms with van der Waals surface area (Å²) in [4.78, 5) is 0. The predicted molar refractivity (Wildman–Crippen MR) is 30.8 cm³/mol. The van der Waals surface area contributed by atoms with E-state index in [9.17, 15) is 0 Å². The molecule has 0 fully saturated rings. The van der Waals surface area contributed by atoms with Gasteiger partial charge in [-0.05, 0) is 12.1 Å². The van der Waals surface area contributed by atoms with Gasteiger partial charge in [0.2, 0.25) is 0 Å². The van der Waals surface area contributed by atoms with E-state index in [1.54, 1.807) is 12.1 Å². The molecule has 1 aromatic heterocycles. The molecule has 0 saturated carbocycles.